The van der Waals surface area contributed by atoms with Crippen LogP contribution in [0.25, 0.3) is 33.3 Å². The maximum absolute atomic E-state index is 12.5. The second-order valence-electron chi connectivity index (χ2n) is 7.01. The van der Waals surface area contributed by atoms with Gasteiger partial charge in [-0.1, -0.05) is 32.4 Å². The van der Waals surface area contributed by atoms with Crippen molar-refractivity contribution in [3.8, 4) is 11.3 Å². The minimum Gasteiger partial charge on any atom is -0.354 e. The van der Waals surface area contributed by atoms with Gasteiger partial charge in [-0.25, -0.2) is 9.97 Å². The molecule has 0 saturated carbocycles. The fourth-order valence-corrected chi connectivity index (χ4v) is 3.28. The monoisotopic (exact) mass is 346 g/mol. The summed E-state index contributed by atoms with van der Waals surface area (Å²) in [4.78, 5) is 27.9. The van der Waals surface area contributed by atoms with E-state index in [1.165, 1.54) is 0 Å². The van der Waals surface area contributed by atoms with E-state index >= 15 is 0 Å². The number of hydrogen-bond donors (Lipinski definition) is 2. The number of nitrogens with zero attached hydrogens (tertiary/aromatic N) is 2. The summed E-state index contributed by atoms with van der Waals surface area (Å²) in [5.41, 5.74) is 5.38. The summed E-state index contributed by atoms with van der Waals surface area (Å²) in [6.45, 7) is 6.15. The SMILES string of the molecule is CC[C@@H](C)CC(=O)c1ccc2cc(-c3ccnc4nc(C)[nH]c34)[nH]c2c1. The molecule has 0 radical (unpaired) electrons. The highest BCUT2D eigenvalue weighted by molar-refractivity contribution is 6.01. The normalized spacial score (nSPS) is 12.7. The van der Waals surface area contributed by atoms with Gasteiger partial charge in [0.1, 0.15) is 5.82 Å². The standard InChI is InChI=1S/C21H22N4O/c1-4-12(2)9-19(26)15-6-5-14-10-18(25-17(14)11-15)16-7-8-22-21-20(16)23-13(3)24-21/h5-8,10-12,25H,4,9H2,1-3H3,(H,22,23,24)/t12-/m1/s1. The molecular weight excluding hydrogens is 324 g/mol. The third-order valence-electron chi connectivity index (χ3n) is 4.98. The zero-order chi connectivity index (χ0) is 18.3. The van der Waals surface area contributed by atoms with Crippen molar-refractivity contribution in [2.45, 2.75) is 33.6 Å². The number of imidazole rings is 1. The number of hydrogen-bond acceptors (Lipinski definition) is 3. The molecule has 2 N–H and O–H groups in total. The van der Waals surface area contributed by atoms with Crippen LogP contribution >= 0.6 is 0 Å². The van der Waals surface area contributed by atoms with Crippen LogP contribution in [0, 0.1) is 12.8 Å². The lowest BCUT2D eigenvalue weighted by Gasteiger charge is -2.07. The molecule has 0 saturated heterocycles. The molecule has 5 heteroatoms. The average molecular weight is 346 g/mol. The van der Waals surface area contributed by atoms with Gasteiger partial charge in [0, 0.05) is 40.3 Å². The summed E-state index contributed by atoms with van der Waals surface area (Å²) in [6, 6.07) is 9.96. The van der Waals surface area contributed by atoms with Crippen molar-refractivity contribution in [1.82, 2.24) is 19.9 Å². The van der Waals surface area contributed by atoms with Crippen molar-refractivity contribution in [2.24, 2.45) is 5.92 Å². The molecule has 5 nitrogen and oxygen atoms in total. The number of carbonyl (C=O) groups is 1. The summed E-state index contributed by atoms with van der Waals surface area (Å²) in [7, 11) is 0. The van der Waals surface area contributed by atoms with Gasteiger partial charge in [-0.2, -0.15) is 0 Å². The van der Waals surface area contributed by atoms with Gasteiger partial charge in [-0.15, -0.1) is 0 Å². The van der Waals surface area contributed by atoms with E-state index in [9.17, 15) is 4.79 Å². The maximum Gasteiger partial charge on any atom is 0.178 e. The highest BCUT2D eigenvalue weighted by atomic mass is 16.1. The number of pyridine rings is 1. The molecule has 0 spiro atoms. The Bertz CT molecular complexity index is 1110. The number of benzene rings is 1. The Hall–Kier alpha value is -2.95. The predicted octanol–water partition coefficient (Wildman–Crippen LogP) is 5.03. The quantitative estimate of drug-likeness (QED) is 0.497. The smallest absolute Gasteiger partial charge is 0.178 e. The number of ketones is 1. The first kappa shape index (κ1) is 16.5. The van der Waals surface area contributed by atoms with Crippen LogP contribution in [0.1, 0.15) is 42.9 Å². The number of nitrogens with one attached hydrogen (secondary N) is 2. The fraction of sp³-hybridized carbons (Fsp3) is 0.286. The number of rotatable bonds is 5. The van der Waals surface area contributed by atoms with Crippen LogP contribution in [0.4, 0.5) is 0 Å². The van der Waals surface area contributed by atoms with Crippen LogP contribution in [0.15, 0.2) is 36.5 Å². The van der Waals surface area contributed by atoms with Gasteiger partial charge in [0.15, 0.2) is 11.4 Å². The van der Waals surface area contributed by atoms with E-state index in [-0.39, 0.29) is 5.78 Å². The molecule has 132 valence electrons. The Labute approximate surface area is 151 Å². The summed E-state index contributed by atoms with van der Waals surface area (Å²) in [6.07, 6.45) is 3.38. The Kier molecular flexibility index (Phi) is 4.07. The lowest BCUT2D eigenvalue weighted by Crippen LogP contribution is -2.05. The van der Waals surface area contributed by atoms with Crippen LogP contribution in [0.3, 0.4) is 0 Å². The van der Waals surface area contributed by atoms with Gasteiger partial charge in [-0.05, 0) is 31.0 Å². The number of Topliss-reactive ketones (excluding diaryl/α,β-unsaturated/α-hetero) is 1. The largest absolute Gasteiger partial charge is 0.354 e. The molecule has 4 aromatic rings. The lowest BCUT2D eigenvalue weighted by molar-refractivity contribution is 0.0964. The lowest BCUT2D eigenvalue weighted by atomic mass is 9.97. The Morgan fingerprint density at radius 2 is 2.04 bits per heavy atom. The van der Waals surface area contributed by atoms with Gasteiger partial charge in [0.05, 0.1) is 5.52 Å². The third-order valence-corrected chi connectivity index (χ3v) is 4.98. The van der Waals surface area contributed by atoms with Crippen molar-refractivity contribution in [3.63, 3.8) is 0 Å². The maximum atomic E-state index is 12.5. The minimum atomic E-state index is 0.202. The van der Waals surface area contributed by atoms with Gasteiger partial charge < -0.3 is 9.97 Å². The van der Waals surface area contributed by atoms with Gasteiger partial charge in [0.25, 0.3) is 0 Å². The van der Waals surface area contributed by atoms with E-state index in [0.29, 0.717) is 18.0 Å². The first-order valence-electron chi connectivity index (χ1n) is 9.03. The number of fused-ring (bicyclic) bond motifs is 2. The van der Waals surface area contributed by atoms with Crippen LogP contribution in [-0.4, -0.2) is 25.7 Å². The molecule has 3 aromatic heterocycles. The van der Waals surface area contributed by atoms with Gasteiger partial charge in [-0.3, -0.25) is 4.79 Å². The molecule has 0 amide bonds. The topological polar surface area (TPSA) is 74.4 Å². The molecule has 0 aliphatic heterocycles. The molecule has 1 atom stereocenters. The number of aryl methyl sites for hydroxylation is 1. The highest BCUT2D eigenvalue weighted by Gasteiger charge is 2.14. The van der Waals surface area contributed by atoms with Crippen LogP contribution in [0.2, 0.25) is 0 Å². The average Bonchev–Trinajstić information content (AvgIpc) is 3.22. The van der Waals surface area contributed by atoms with Crippen molar-refractivity contribution in [2.75, 3.05) is 0 Å². The van der Waals surface area contributed by atoms with Crippen LogP contribution < -0.4 is 0 Å². The van der Waals surface area contributed by atoms with Crippen LogP contribution in [0.5, 0.6) is 0 Å². The summed E-state index contributed by atoms with van der Waals surface area (Å²) in [5, 5.41) is 1.08. The Morgan fingerprint density at radius 3 is 2.85 bits per heavy atom. The Balaban J connectivity index is 1.75. The molecule has 0 unspecified atom stereocenters. The Morgan fingerprint density at radius 1 is 1.19 bits per heavy atom. The fourth-order valence-electron chi connectivity index (χ4n) is 3.28. The highest BCUT2D eigenvalue weighted by Crippen LogP contribution is 2.29. The molecule has 0 aliphatic carbocycles. The minimum absolute atomic E-state index is 0.202. The van der Waals surface area contributed by atoms with Crippen LogP contribution in [-0.2, 0) is 0 Å². The second-order valence-corrected chi connectivity index (χ2v) is 7.01. The number of H-pyrrole nitrogens is 2. The third kappa shape index (κ3) is 2.90. The van der Waals surface area contributed by atoms with E-state index in [4.69, 9.17) is 0 Å². The second kappa shape index (κ2) is 6.41. The first-order valence-corrected chi connectivity index (χ1v) is 9.03. The molecule has 3 heterocycles. The van der Waals surface area contributed by atoms with E-state index in [1.54, 1.807) is 6.20 Å². The number of carbonyl (C=O) groups excluding carboxylic acids is 1. The number of aromatic amines is 2. The molecule has 4 rings (SSSR count). The number of aromatic nitrogens is 4. The van der Waals surface area contributed by atoms with Gasteiger partial charge in [0.2, 0.25) is 0 Å². The zero-order valence-corrected chi connectivity index (χ0v) is 15.3. The van der Waals surface area contributed by atoms with Crippen molar-refractivity contribution < 1.29 is 4.79 Å². The molecule has 1 aromatic carbocycles. The van der Waals surface area contributed by atoms with Crippen molar-refractivity contribution >= 4 is 27.9 Å². The van der Waals surface area contributed by atoms with E-state index in [1.807, 2.05) is 31.2 Å². The zero-order valence-electron chi connectivity index (χ0n) is 15.3. The summed E-state index contributed by atoms with van der Waals surface area (Å²) >= 11 is 0. The molecule has 26 heavy (non-hydrogen) atoms. The molecule has 0 aliphatic rings. The van der Waals surface area contributed by atoms with Gasteiger partial charge >= 0.3 is 0 Å². The van der Waals surface area contributed by atoms with E-state index in [2.05, 4.69) is 39.8 Å². The van der Waals surface area contributed by atoms with E-state index < -0.39 is 0 Å². The van der Waals surface area contributed by atoms with Crippen molar-refractivity contribution in [3.05, 3.63) is 47.9 Å². The predicted molar refractivity (Wildman–Crippen MR) is 104 cm³/mol. The summed E-state index contributed by atoms with van der Waals surface area (Å²) in [5.74, 6) is 1.45. The molecular formula is C21H22N4O. The first-order chi connectivity index (χ1) is 12.5. The molecule has 0 bridgehead atoms. The summed E-state index contributed by atoms with van der Waals surface area (Å²) < 4.78 is 0. The van der Waals surface area contributed by atoms with Crippen molar-refractivity contribution in [1.29, 1.82) is 0 Å². The van der Waals surface area contributed by atoms with E-state index in [0.717, 1.165) is 45.5 Å². The molecule has 0 fully saturated rings.